The van der Waals surface area contributed by atoms with Crippen molar-refractivity contribution in [1.82, 2.24) is 4.90 Å². The van der Waals surface area contributed by atoms with Gasteiger partial charge < -0.3 is 4.74 Å². The van der Waals surface area contributed by atoms with E-state index in [4.69, 9.17) is 4.74 Å². The molecule has 0 bridgehead atoms. The first-order chi connectivity index (χ1) is 14.1. The number of esters is 1. The van der Waals surface area contributed by atoms with E-state index in [1.807, 2.05) is 18.2 Å². The molecule has 3 nitrogen and oxygen atoms in total. The van der Waals surface area contributed by atoms with E-state index in [-0.39, 0.29) is 23.8 Å². The quantitative estimate of drug-likeness (QED) is 0.347. The molecule has 0 aliphatic carbocycles. The molecule has 2 aromatic carbocycles. The molecule has 0 aliphatic heterocycles. The van der Waals surface area contributed by atoms with Gasteiger partial charge in [0.1, 0.15) is 0 Å². The van der Waals surface area contributed by atoms with Crippen LogP contribution in [0.15, 0.2) is 86.0 Å². The average Bonchev–Trinajstić information content (AvgIpc) is 2.76. The Morgan fingerprint density at radius 2 is 1.52 bits per heavy atom. The minimum absolute atomic E-state index is 0.159. The van der Waals surface area contributed by atoms with Gasteiger partial charge >= 0.3 is 5.97 Å². The molecular weight excluding hydrogens is 358 g/mol. The number of rotatable bonds is 12. The maximum absolute atomic E-state index is 12.2. The molecule has 2 rings (SSSR count). The molecule has 0 radical (unpaired) electrons. The van der Waals surface area contributed by atoms with E-state index >= 15 is 0 Å². The summed E-state index contributed by atoms with van der Waals surface area (Å²) >= 11 is 0. The summed E-state index contributed by atoms with van der Waals surface area (Å²) in [6.45, 7) is 11.8. The SMILES string of the molecule is C=CCC(C[C@H](C=C)[C@H](C)N(Cc1ccccc1)Cc1ccccc1)C(=O)OC. The van der Waals surface area contributed by atoms with Crippen molar-refractivity contribution in [3.63, 3.8) is 0 Å². The Kier molecular flexibility index (Phi) is 9.39. The van der Waals surface area contributed by atoms with Crippen molar-refractivity contribution in [2.75, 3.05) is 7.11 Å². The maximum atomic E-state index is 12.2. The lowest BCUT2D eigenvalue weighted by molar-refractivity contribution is -0.146. The summed E-state index contributed by atoms with van der Waals surface area (Å²) in [5.41, 5.74) is 2.54. The van der Waals surface area contributed by atoms with Gasteiger partial charge in [-0.15, -0.1) is 13.2 Å². The van der Waals surface area contributed by atoms with E-state index in [2.05, 4.69) is 73.5 Å². The summed E-state index contributed by atoms with van der Waals surface area (Å²) in [5, 5.41) is 0. The zero-order valence-corrected chi connectivity index (χ0v) is 17.7. The molecule has 0 amide bonds. The van der Waals surface area contributed by atoms with Crippen molar-refractivity contribution < 1.29 is 9.53 Å². The Labute approximate surface area is 175 Å². The van der Waals surface area contributed by atoms with E-state index in [1.54, 1.807) is 6.08 Å². The lowest BCUT2D eigenvalue weighted by atomic mass is 9.86. The van der Waals surface area contributed by atoms with Crippen LogP contribution in [0.1, 0.15) is 30.9 Å². The zero-order chi connectivity index (χ0) is 21.1. The number of allylic oxidation sites excluding steroid dienone is 1. The smallest absolute Gasteiger partial charge is 0.308 e. The van der Waals surface area contributed by atoms with Crippen molar-refractivity contribution in [2.24, 2.45) is 11.8 Å². The van der Waals surface area contributed by atoms with E-state index in [0.29, 0.717) is 12.8 Å². The summed E-state index contributed by atoms with van der Waals surface area (Å²) in [5.74, 6) is -0.216. The number of carbonyl (C=O) groups excluding carboxylic acids is 1. The molecule has 3 heteroatoms. The summed E-state index contributed by atoms with van der Waals surface area (Å²) in [4.78, 5) is 14.7. The highest BCUT2D eigenvalue weighted by Gasteiger charge is 2.28. The Morgan fingerprint density at radius 3 is 1.93 bits per heavy atom. The third-order valence-corrected chi connectivity index (χ3v) is 5.50. The van der Waals surface area contributed by atoms with Crippen LogP contribution >= 0.6 is 0 Å². The molecule has 2 aromatic rings. The van der Waals surface area contributed by atoms with Crippen molar-refractivity contribution in [2.45, 2.75) is 38.9 Å². The summed E-state index contributed by atoms with van der Waals surface area (Å²) in [7, 11) is 1.45. The fourth-order valence-electron chi connectivity index (χ4n) is 3.73. The van der Waals surface area contributed by atoms with Gasteiger partial charge in [0.2, 0.25) is 0 Å². The van der Waals surface area contributed by atoms with Crippen LogP contribution in [0.3, 0.4) is 0 Å². The third kappa shape index (κ3) is 7.03. The zero-order valence-electron chi connectivity index (χ0n) is 17.7. The van der Waals surface area contributed by atoms with Crippen LogP contribution in [0.25, 0.3) is 0 Å². The number of hydrogen-bond donors (Lipinski definition) is 0. The number of carbonyl (C=O) groups is 1. The van der Waals surface area contributed by atoms with Gasteiger partial charge in [-0.25, -0.2) is 0 Å². The second-order valence-electron chi connectivity index (χ2n) is 7.50. The van der Waals surface area contributed by atoms with Crippen LogP contribution in [0.2, 0.25) is 0 Å². The first-order valence-electron chi connectivity index (χ1n) is 10.2. The summed E-state index contributed by atoms with van der Waals surface area (Å²) < 4.78 is 5.01. The lowest BCUT2D eigenvalue weighted by Gasteiger charge is -2.35. The van der Waals surface area contributed by atoms with Gasteiger partial charge in [0.15, 0.2) is 0 Å². The van der Waals surface area contributed by atoms with Gasteiger partial charge in [0, 0.05) is 19.1 Å². The first-order valence-corrected chi connectivity index (χ1v) is 10.2. The largest absolute Gasteiger partial charge is 0.469 e. The Balaban J connectivity index is 2.22. The van der Waals surface area contributed by atoms with Crippen molar-refractivity contribution in [3.8, 4) is 0 Å². The molecule has 0 fully saturated rings. The standard InChI is InChI=1S/C26H33NO2/c1-5-13-25(26(28)29-4)18-24(6-2)21(3)27(19-22-14-9-7-10-15-22)20-23-16-11-8-12-17-23/h5-12,14-17,21,24-25H,1-2,13,18-20H2,3-4H3/t21-,24-,25?/m0/s1. The Hall–Kier alpha value is -2.65. The predicted octanol–water partition coefficient (Wildman–Crippen LogP) is 5.63. The van der Waals surface area contributed by atoms with Crippen LogP contribution in [0.5, 0.6) is 0 Å². The van der Waals surface area contributed by atoms with E-state index in [1.165, 1.54) is 18.2 Å². The van der Waals surface area contributed by atoms with Gasteiger partial charge in [-0.05, 0) is 36.8 Å². The van der Waals surface area contributed by atoms with Crippen LogP contribution < -0.4 is 0 Å². The minimum Gasteiger partial charge on any atom is -0.469 e. The highest BCUT2D eigenvalue weighted by Crippen LogP contribution is 2.26. The monoisotopic (exact) mass is 391 g/mol. The van der Waals surface area contributed by atoms with E-state index < -0.39 is 0 Å². The van der Waals surface area contributed by atoms with Gasteiger partial charge in [-0.3, -0.25) is 9.69 Å². The third-order valence-electron chi connectivity index (χ3n) is 5.50. The molecule has 0 saturated heterocycles. The van der Waals surface area contributed by atoms with Crippen LogP contribution in [-0.4, -0.2) is 24.0 Å². The highest BCUT2D eigenvalue weighted by molar-refractivity contribution is 5.72. The molecule has 0 aliphatic rings. The van der Waals surface area contributed by atoms with Crippen LogP contribution in [0.4, 0.5) is 0 Å². The van der Waals surface area contributed by atoms with Crippen molar-refractivity contribution in [3.05, 3.63) is 97.1 Å². The fourth-order valence-corrected chi connectivity index (χ4v) is 3.73. The normalized spacial score (nSPS) is 14.0. The van der Waals surface area contributed by atoms with Crippen molar-refractivity contribution in [1.29, 1.82) is 0 Å². The second-order valence-corrected chi connectivity index (χ2v) is 7.50. The number of methoxy groups -OCH3 is 1. The van der Waals surface area contributed by atoms with E-state index in [0.717, 1.165) is 13.1 Å². The molecule has 0 saturated carbocycles. The molecule has 154 valence electrons. The molecule has 29 heavy (non-hydrogen) atoms. The van der Waals surface area contributed by atoms with Gasteiger partial charge in [0.25, 0.3) is 0 Å². The number of nitrogens with zero attached hydrogens (tertiary/aromatic N) is 1. The van der Waals surface area contributed by atoms with Crippen LogP contribution in [0, 0.1) is 11.8 Å². The average molecular weight is 392 g/mol. The predicted molar refractivity (Wildman–Crippen MR) is 120 cm³/mol. The first kappa shape index (κ1) is 22.6. The lowest BCUT2D eigenvalue weighted by Crippen LogP contribution is -2.38. The molecule has 0 heterocycles. The number of hydrogen-bond acceptors (Lipinski definition) is 3. The Bertz CT molecular complexity index is 715. The topological polar surface area (TPSA) is 29.5 Å². The number of ether oxygens (including phenoxy) is 1. The number of benzene rings is 2. The van der Waals surface area contributed by atoms with Gasteiger partial charge in [0.05, 0.1) is 13.0 Å². The van der Waals surface area contributed by atoms with Crippen molar-refractivity contribution >= 4 is 5.97 Å². The van der Waals surface area contributed by atoms with Gasteiger partial charge in [-0.1, -0.05) is 72.8 Å². The van der Waals surface area contributed by atoms with Gasteiger partial charge in [-0.2, -0.15) is 0 Å². The molecule has 0 N–H and O–H groups in total. The molecule has 0 spiro atoms. The highest BCUT2D eigenvalue weighted by atomic mass is 16.5. The van der Waals surface area contributed by atoms with E-state index in [9.17, 15) is 4.79 Å². The second kappa shape index (κ2) is 12.0. The molecule has 3 atom stereocenters. The molecular formula is C26H33NO2. The fraction of sp³-hybridized carbons (Fsp3) is 0.346. The molecule has 0 aromatic heterocycles. The van der Waals surface area contributed by atoms with Crippen LogP contribution in [-0.2, 0) is 22.6 Å². The summed E-state index contributed by atoms with van der Waals surface area (Å²) in [6.07, 6.45) is 5.08. The Morgan fingerprint density at radius 1 is 1.00 bits per heavy atom. The molecule has 1 unspecified atom stereocenters. The maximum Gasteiger partial charge on any atom is 0.308 e. The minimum atomic E-state index is -0.196. The summed E-state index contributed by atoms with van der Waals surface area (Å²) in [6, 6.07) is 21.2.